The van der Waals surface area contributed by atoms with E-state index in [-0.39, 0.29) is 148 Å². The van der Waals surface area contributed by atoms with Crippen molar-refractivity contribution in [1.29, 1.82) is 0 Å². The highest BCUT2D eigenvalue weighted by molar-refractivity contribution is 8.77. The molecular formula is C79H106N14O40P6S4. The Morgan fingerprint density at radius 1 is 0.469 bits per heavy atom. The Morgan fingerprint density at radius 2 is 0.867 bits per heavy atom. The number of unbranched alkanes of at least 4 members (excludes halogenated alkanes) is 6. The highest BCUT2D eigenvalue weighted by Crippen LogP contribution is 2.68. The number of ketones is 2. The molecule has 2 aromatic carbocycles. The molecule has 14 atom stereocenters. The number of carbonyl (C=O) groups excluding carboxylic acids is 7. The van der Waals surface area contributed by atoms with Crippen molar-refractivity contribution in [1.82, 2.24) is 55.7 Å². The highest BCUT2D eigenvalue weighted by atomic mass is 33.1. The van der Waals surface area contributed by atoms with E-state index in [0.717, 1.165) is 28.6 Å². The van der Waals surface area contributed by atoms with Crippen LogP contribution in [0.3, 0.4) is 0 Å². The Kier molecular flexibility index (Phi) is 47.1. The molecule has 9 rings (SSSR count). The Bertz CT molecular complexity index is 5920. The van der Waals surface area contributed by atoms with Crippen molar-refractivity contribution in [3.05, 3.63) is 95.8 Å². The number of phosphoric acid groups is 6. The molecule has 6 heterocycles. The van der Waals surface area contributed by atoms with Gasteiger partial charge in [0, 0.05) is 106 Å². The maximum atomic E-state index is 13.6. The highest BCUT2D eigenvalue weighted by Gasteiger charge is 2.46. The average Bonchev–Trinajstić information content (AvgIpc) is 1.62. The molecule has 54 nitrogen and oxygen atoms in total. The minimum atomic E-state index is -5.78. The monoisotopic (exact) mass is 2200 g/mol. The predicted octanol–water partition coefficient (Wildman–Crippen LogP) is 5.41. The number of nitrogen functional groups attached to an aromatic ring is 2. The van der Waals surface area contributed by atoms with Crippen molar-refractivity contribution in [3.8, 4) is 34.8 Å². The second-order valence-corrected chi connectivity index (χ2v) is 45.6. The number of aliphatic hydroxyl groups is 2. The lowest BCUT2D eigenvalue weighted by atomic mass is 9.98. The summed E-state index contributed by atoms with van der Waals surface area (Å²) in [5.74, 6) is 5.45. The summed E-state index contributed by atoms with van der Waals surface area (Å²) < 4.78 is 114. The third-order valence-electron chi connectivity index (χ3n) is 20.8. The zero-order valence-corrected chi connectivity index (χ0v) is 84.0. The topological polar surface area (TPSA) is 856 Å². The minimum Gasteiger partial charge on any atom is -0.481 e. The number of alkyl carbamates (subject to hydrolysis) is 1. The lowest BCUT2D eigenvalue weighted by Gasteiger charge is -2.19. The number of ether oxygens (including phenoxy) is 3. The summed E-state index contributed by atoms with van der Waals surface area (Å²) >= 11 is 0. The number of aliphatic hydroxyl groups excluding tert-OH is 2. The van der Waals surface area contributed by atoms with Crippen LogP contribution < -0.4 is 43.8 Å². The number of aliphatic carboxylic acids is 4. The number of nitrogens with zero attached hydrogens (tertiary/aromatic N) is 6. The number of aromatic nitrogens is 6. The molecule has 2 saturated heterocycles. The molecule has 0 bridgehead atoms. The number of hydrogen-bond acceptors (Lipinski definition) is 39. The van der Waals surface area contributed by atoms with Gasteiger partial charge in [-0.25, -0.2) is 61.7 Å². The number of amides is 5. The summed E-state index contributed by atoms with van der Waals surface area (Å²) in [7, 11) is -28.4. The number of carboxylic acids is 4. The van der Waals surface area contributed by atoms with E-state index in [1.807, 2.05) is 48.5 Å². The molecule has 1 aliphatic carbocycles. The van der Waals surface area contributed by atoms with Crippen molar-refractivity contribution < 1.29 is 190 Å². The number of carboxylic acid groups (broad SMARTS) is 4. The molecule has 5 amide bonds. The Hall–Kier alpha value is -9.21. The number of rotatable bonds is 59. The summed E-state index contributed by atoms with van der Waals surface area (Å²) in [4.78, 5) is 223. The van der Waals surface area contributed by atoms with E-state index in [0.29, 0.717) is 90.5 Å². The van der Waals surface area contributed by atoms with Gasteiger partial charge in [-0.15, -0.1) is 0 Å². The Morgan fingerprint density at radius 3 is 1.27 bits per heavy atom. The van der Waals surface area contributed by atoms with Crippen LogP contribution in [-0.4, -0.2) is 269 Å². The van der Waals surface area contributed by atoms with Crippen LogP contribution >= 0.6 is 90.1 Å². The Balaban J connectivity index is 0.000000360. The summed E-state index contributed by atoms with van der Waals surface area (Å²) in [5, 5.41) is 70.7. The first-order valence-electron chi connectivity index (χ1n) is 43.2. The van der Waals surface area contributed by atoms with E-state index in [1.165, 1.54) is 71.0 Å². The molecule has 4 aromatic heterocycles. The second-order valence-electron chi connectivity index (χ2n) is 31.5. The summed E-state index contributed by atoms with van der Waals surface area (Å²) in [6.07, 6.45) is 0.544. The minimum absolute atomic E-state index is 0.00977. The quantitative estimate of drug-likeness (QED) is 0.00982. The van der Waals surface area contributed by atoms with Gasteiger partial charge in [0.1, 0.15) is 90.8 Å². The first kappa shape index (κ1) is 119. The predicted molar refractivity (Wildman–Crippen MR) is 510 cm³/mol. The lowest BCUT2D eigenvalue weighted by molar-refractivity contribution is -0.144. The third kappa shape index (κ3) is 40.9. The van der Waals surface area contributed by atoms with Crippen molar-refractivity contribution in [2.75, 3.05) is 67.4 Å². The fourth-order valence-electron chi connectivity index (χ4n) is 14.1. The number of fused-ring (bicyclic) bond motifs is 5. The van der Waals surface area contributed by atoms with Gasteiger partial charge in [0.25, 0.3) is 0 Å². The van der Waals surface area contributed by atoms with Crippen LogP contribution in [-0.2, 0) is 116 Å². The first-order valence-corrected chi connectivity index (χ1v) is 57.2. The smallest absolute Gasteiger partial charge is 0.481 e. The van der Waals surface area contributed by atoms with Gasteiger partial charge in [-0.2, -0.15) is 17.2 Å². The van der Waals surface area contributed by atoms with E-state index >= 15 is 0 Å². The fourth-order valence-corrected chi connectivity index (χ4v) is 24.5. The van der Waals surface area contributed by atoms with Crippen LogP contribution in [0.1, 0.15) is 169 Å². The molecule has 2 fully saturated rings. The molecular weight excluding hydrogens is 2100 g/mol. The van der Waals surface area contributed by atoms with Gasteiger partial charge in [-0.1, -0.05) is 141 Å². The van der Waals surface area contributed by atoms with E-state index in [2.05, 4.69) is 96.5 Å². The third-order valence-corrected chi connectivity index (χ3v) is 33.2. The van der Waals surface area contributed by atoms with Crippen molar-refractivity contribution in [3.63, 3.8) is 0 Å². The van der Waals surface area contributed by atoms with Crippen LogP contribution in [0.5, 0.6) is 0 Å². The van der Waals surface area contributed by atoms with Crippen molar-refractivity contribution in [2.45, 2.75) is 195 Å². The summed E-state index contributed by atoms with van der Waals surface area (Å²) in [5.41, 5.74) is 23.5. The van der Waals surface area contributed by atoms with E-state index < -0.39 is 169 Å². The molecule has 64 heteroatoms. The molecule has 786 valence electrons. The number of Topliss-reactive ketones (excluding diaryl/α,β-unsaturated/α-hetero) is 2. The number of carbonyl (C=O) groups is 11. The van der Waals surface area contributed by atoms with Crippen molar-refractivity contribution >= 4 is 189 Å². The second kappa shape index (κ2) is 56.6. The van der Waals surface area contributed by atoms with Gasteiger partial charge in [0.05, 0.1) is 66.5 Å². The van der Waals surface area contributed by atoms with Gasteiger partial charge in [0.2, 0.25) is 23.6 Å². The normalized spacial score (nSPS) is 18.6. The van der Waals surface area contributed by atoms with E-state index in [1.54, 1.807) is 0 Å². The average molecular weight is 2210 g/mol. The SMILES string of the molecule is Nc1ncnc2c1c(C#CCNC(=O)CCSSCC(N)C(=O)CCCCCCC(=O)NC(CCC(=O)O)C(=O)O)cn2[C@H]1C[C@@H](O)[C@@H](COP(=O)(O)OP(=O)(O)OP(=O)(O)O)O1.Nc1ncnc2c1c(C#CCNC(=O)CCSSCC(NC(=O)OCC1c3ccccc3-c3ccccc31)C(=O)CCCCCCC(=O)NC(CCC(=O)O)C(=O)O)cn2[C@H]1C[C@@H](O)[C@@H](COP(=O)(O)OP(=O)(O)OP(=O)(O)O)O1. The van der Waals surface area contributed by atoms with E-state index in [9.17, 15) is 115 Å². The molecule has 8 unspecified atom stereocenters. The van der Waals surface area contributed by atoms with Gasteiger partial charge >= 0.3 is 76.9 Å². The number of nitrogens with one attached hydrogen (secondary N) is 5. The molecule has 0 radical (unpaired) electrons. The summed E-state index contributed by atoms with van der Waals surface area (Å²) in [6, 6.07) is 11.4. The van der Waals surface area contributed by atoms with Crippen LogP contribution in [0.15, 0.2) is 73.6 Å². The number of anilines is 2. The van der Waals surface area contributed by atoms with Crippen LogP contribution in [0.25, 0.3) is 33.2 Å². The standard InChI is InChI=1S/C47H58N7O21P3S2.C32H48N7O19P3S2/c48-44-43-28(23-54(45(43)51-27-50-44)41-22-37(56)38(73-41)25-72-77(67,68)75-78(69,70)74-76(64,65)66)10-9-20-49-39(57)19-21-79-80-26-35(36(55)15-3-1-2-4-16-40(58)52-34(46(61)62)17-18-42(59)60)53-47(63)71-24-33-31-13-7-5-11-29(31)30-12-6-8-14-32(30)33;33-20(22(40)7-3-1-2-4-8-26(43)38-21(32(46)47)9-10-28(44)45)17-63-62-13-11-25(42)35-12-5-6-19-15-39(31-29(19)30(34)36-18-37-31)27-14-23(41)24(56-27)16-55-60(51,52)58-61(53,54)57-59(48,49)50/h5-8,11-14,23,27,33-35,37-38,41,56H,1-4,15-22,24-26H2,(H,49,57)(H,52,58)(H,53,63)(H,59,60)(H,61,62)(H,67,68)(H,69,70)(H2,48,50,51)(H2,64,65,66);15,18,20-21,23-24,27,41H,1-4,7-14,16-17,33H2,(H,35,42)(H,38,43)(H,44,45)(H,46,47)(H,51,52)(H,53,54)(H2,34,36,37)(H2,48,49,50)/t34?,35?,37-,38-,41-;20?,21?,23-,24-,27-/m11/s1. The zero-order chi connectivity index (χ0) is 105. The molecule has 0 spiro atoms. The van der Waals surface area contributed by atoms with E-state index in [4.69, 9.17) is 66.3 Å². The molecule has 25 N–H and O–H groups in total. The van der Waals surface area contributed by atoms with Gasteiger partial charge < -0.3 is 137 Å². The lowest BCUT2D eigenvalue weighted by Crippen LogP contribution is -2.43. The largest absolute Gasteiger partial charge is 0.490 e. The summed E-state index contributed by atoms with van der Waals surface area (Å²) in [6.45, 7) is -1.92. The molecule has 143 heavy (non-hydrogen) atoms. The number of nitrogens with two attached hydrogens (primary N) is 3. The van der Waals surface area contributed by atoms with Crippen LogP contribution in [0, 0.1) is 23.7 Å². The van der Waals surface area contributed by atoms with Crippen LogP contribution in [0.2, 0.25) is 0 Å². The maximum Gasteiger partial charge on any atom is 0.490 e. The van der Waals surface area contributed by atoms with Crippen molar-refractivity contribution in [2.24, 2.45) is 5.73 Å². The molecule has 3 aliphatic rings. The van der Waals surface area contributed by atoms with Gasteiger partial charge in [0.15, 0.2) is 5.78 Å². The van der Waals surface area contributed by atoms with Gasteiger partial charge in [-0.05, 0) is 60.8 Å². The maximum absolute atomic E-state index is 13.6. The first-order chi connectivity index (χ1) is 67.4. The fraction of sp³-hybridized carbons (Fsp3) is 0.506. The zero-order valence-electron chi connectivity index (χ0n) is 75.4. The van der Waals surface area contributed by atoms with Crippen LogP contribution in [0.4, 0.5) is 16.4 Å². The number of hydrogen-bond donors (Lipinski definition) is 22. The number of phosphoric ester groups is 2. The van der Waals surface area contributed by atoms with Gasteiger partial charge in [-0.3, -0.25) is 47.4 Å². The molecule has 6 aromatic rings. The molecule has 0 saturated carbocycles. The Labute approximate surface area is 829 Å². The number of benzene rings is 2. The molecule has 2 aliphatic heterocycles.